The van der Waals surface area contributed by atoms with Crippen molar-refractivity contribution < 1.29 is 0 Å². The fraction of sp³-hybridized carbons (Fsp3) is 1.00. The van der Waals surface area contributed by atoms with E-state index in [1.807, 2.05) is 0 Å². The van der Waals surface area contributed by atoms with Gasteiger partial charge in [-0.3, -0.25) is 0 Å². The zero-order valence-electron chi connectivity index (χ0n) is 30.5. The summed E-state index contributed by atoms with van der Waals surface area (Å²) in [6.07, 6.45) is 36.4. The van der Waals surface area contributed by atoms with Crippen molar-refractivity contribution in [1.29, 1.82) is 0 Å². The lowest BCUT2D eigenvalue weighted by molar-refractivity contribution is -0.0545. The van der Waals surface area contributed by atoms with Crippen molar-refractivity contribution in [3.8, 4) is 0 Å². The molecule has 16 bridgehead atoms. The predicted molar refractivity (Wildman–Crippen MR) is 190 cm³/mol. The largest absolute Gasteiger partial charge is 0.0649 e. The van der Waals surface area contributed by atoms with Crippen LogP contribution in [0.25, 0.3) is 0 Å². The zero-order valence-corrected chi connectivity index (χ0v) is 30.5. The monoisotopic (exact) mass is 615 g/mol. The Balaban J connectivity index is 0.0000000833. The van der Waals surface area contributed by atoms with Gasteiger partial charge in [0.1, 0.15) is 0 Å². The van der Waals surface area contributed by atoms with Crippen molar-refractivity contribution in [1.82, 2.24) is 0 Å². The topological polar surface area (TPSA) is 0 Å². The second kappa shape index (κ2) is 11.8. The molecular formula is C45H74. The summed E-state index contributed by atoms with van der Waals surface area (Å²) in [4.78, 5) is 0. The Bertz CT molecular complexity index is 880. The molecule has 0 heteroatoms. The van der Waals surface area contributed by atoms with Crippen LogP contribution in [0.2, 0.25) is 0 Å². The number of rotatable bonds is 1. The van der Waals surface area contributed by atoms with E-state index >= 15 is 0 Å². The second-order valence-electron chi connectivity index (χ2n) is 22.1. The SMILES string of the molecule is CC12CC3CC(CC(C3)C1)C2.CC1C2CC3CC(C2)CC1C3.CC1C2CC3CC(C2)CC1C3.CCC12CC3CC(CC(C3)C1)C2. The summed E-state index contributed by atoms with van der Waals surface area (Å²) < 4.78 is 0. The molecule has 16 aliphatic carbocycles. The van der Waals surface area contributed by atoms with Gasteiger partial charge in [0.15, 0.2) is 0 Å². The summed E-state index contributed by atoms with van der Waals surface area (Å²) >= 11 is 0. The molecule has 254 valence electrons. The Kier molecular flexibility index (Phi) is 8.14. The highest BCUT2D eigenvalue weighted by Gasteiger charge is 2.51. The lowest BCUT2D eigenvalue weighted by Crippen LogP contribution is -2.45. The maximum absolute atomic E-state index is 2.54. The third-order valence-electron chi connectivity index (χ3n) is 18.7. The summed E-state index contributed by atoms with van der Waals surface area (Å²) in [6.45, 7) is 9.98. The molecule has 0 spiro atoms. The van der Waals surface area contributed by atoms with E-state index in [4.69, 9.17) is 0 Å². The van der Waals surface area contributed by atoms with Gasteiger partial charge in [0.25, 0.3) is 0 Å². The number of hydrogen-bond acceptors (Lipinski definition) is 0. The van der Waals surface area contributed by atoms with Crippen LogP contribution < -0.4 is 0 Å². The molecule has 0 heterocycles. The molecular weight excluding hydrogens is 540 g/mol. The molecule has 0 nitrogen and oxygen atoms in total. The molecule has 45 heavy (non-hydrogen) atoms. The molecule has 16 fully saturated rings. The van der Waals surface area contributed by atoms with Gasteiger partial charge in [-0.25, -0.2) is 0 Å². The van der Waals surface area contributed by atoms with Gasteiger partial charge in [-0.1, -0.05) is 34.1 Å². The molecule has 0 aliphatic heterocycles. The highest BCUT2D eigenvalue weighted by Crippen LogP contribution is 2.62. The van der Waals surface area contributed by atoms with E-state index in [0.29, 0.717) is 0 Å². The fourth-order valence-corrected chi connectivity index (χ4v) is 17.7. The Hall–Kier alpha value is 0. The van der Waals surface area contributed by atoms with Crippen molar-refractivity contribution in [3.05, 3.63) is 0 Å². The lowest BCUT2D eigenvalue weighted by Gasteiger charge is -2.56. The highest BCUT2D eigenvalue weighted by atomic mass is 14.6. The second-order valence-corrected chi connectivity index (χ2v) is 22.1. The van der Waals surface area contributed by atoms with E-state index < -0.39 is 0 Å². The molecule has 0 aromatic rings. The number of hydrogen-bond donors (Lipinski definition) is 0. The van der Waals surface area contributed by atoms with Crippen LogP contribution in [0.5, 0.6) is 0 Å². The third kappa shape index (κ3) is 6.08. The van der Waals surface area contributed by atoms with E-state index in [-0.39, 0.29) is 0 Å². The molecule has 0 saturated heterocycles. The average molecular weight is 615 g/mol. The fourth-order valence-electron chi connectivity index (χ4n) is 17.7. The molecule has 16 aliphatic rings. The van der Waals surface area contributed by atoms with Gasteiger partial charge in [0.2, 0.25) is 0 Å². The molecule has 16 saturated carbocycles. The molecule has 0 aromatic heterocycles. The molecule has 0 atom stereocenters. The minimum Gasteiger partial charge on any atom is -0.0649 e. The molecule has 0 unspecified atom stereocenters. The Morgan fingerprint density at radius 1 is 0.356 bits per heavy atom. The summed E-state index contributed by atoms with van der Waals surface area (Å²) in [6, 6.07) is 0. The van der Waals surface area contributed by atoms with Crippen molar-refractivity contribution in [2.24, 2.45) is 106 Å². The molecule has 0 aromatic carbocycles. The van der Waals surface area contributed by atoms with Crippen molar-refractivity contribution in [2.75, 3.05) is 0 Å². The van der Waals surface area contributed by atoms with Crippen molar-refractivity contribution in [2.45, 2.75) is 175 Å². The lowest BCUT2D eigenvalue weighted by atomic mass is 9.49. The van der Waals surface area contributed by atoms with E-state index in [9.17, 15) is 0 Å². The summed E-state index contributed by atoms with van der Waals surface area (Å²) in [5.74, 6) is 18.3. The van der Waals surface area contributed by atoms with Crippen LogP contribution in [-0.4, -0.2) is 0 Å². The van der Waals surface area contributed by atoms with Crippen LogP contribution in [-0.2, 0) is 0 Å². The molecule has 0 amide bonds. The van der Waals surface area contributed by atoms with E-state index in [1.54, 1.807) is 141 Å². The summed E-state index contributed by atoms with van der Waals surface area (Å²) in [5, 5.41) is 0. The molecule has 0 radical (unpaired) electrons. The maximum Gasteiger partial charge on any atom is -0.0292 e. The molecule has 16 rings (SSSR count). The van der Waals surface area contributed by atoms with Crippen LogP contribution in [0.3, 0.4) is 0 Å². The van der Waals surface area contributed by atoms with Gasteiger partial charge in [-0.15, -0.1) is 0 Å². The minimum atomic E-state index is 0.800. The van der Waals surface area contributed by atoms with Crippen molar-refractivity contribution in [3.63, 3.8) is 0 Å². The van der Waals surface area contributed by atoms with Gasteiger partial charge in [-0.05, 0) is 247 Å². The summed E-state index contributed by atoms with van der Waals surface area (Å²) in [7, 11) is 0. The van der Waals surface area contributed by atoms with Crippen LogP contribution >= 0.6 is 0 Å². The van der Waals surface area contributed by atoms with Gasteiger partial charge in [0.05, 0.1) is 0 Å². The first-order valence-electron chi connectivity index (χ1n) is 21.7. The first kappa shape index (κ1) is 31.0. The Morgan fingerprint density at radius 3 is 0.844 bits per heavy atom. The molecule has 0 N–H and O–H groups in total. The van der Waals surface area contributed by atoms with Crippen molar-refractivity contribution >= 4 is 0 Å². The average Bonchev–Trinajstić information content (AvgIpc) is 2.97. The summed E-state index contributed by atoms with van der Waals surface area (Å²) in [5.41, 5.74) is 1.64. The van der Waals surface area contributed by atoms with E-state index in [2.05, 4.69) is 27.7 Å². The van der Waals surface area contributed by atoms with Gasteiger partial charge >= 0.3 is 0 Å². The smallest absolute Gasteiger partial charge is 0.0292 e. The third-order valence-corrected chi connectivity index (χ3v) is 18.7. The van der Waals surface area contributed by atoms with E-state index in [1.165, 1.54) is 6.42 Å². The zero-order chi connectivity index (χ0) is 30.5. The first-order valence-corrected chi connectivity index (χ1v) is 21.7. The standard InChI is InChI=1S/C12H20.3C11H18/c1-2-12-6-9-3-10(7-12)5-11(4-9)8-12;1-11-5-8-2-9(6-11)4-10(3-8)7-11;2*1-7-10-3-8-2-9(5-10)6-11(7)4-8/h9-11H,2-8H2,1H3;8-10H,2-7H2,1H3;2*7-11H,2-6H2,1H3. The van der Waals surface area contributed by atoms with Gasteiger partial charge in [-0.2, -0.15) is 0 Å². The minimum absolute atomic E-state index is 0.800. The maximum atomic E-state index is 2.54. The van der Waals surface area contributed by atoms with Crippen LogP contribution in [0, 0.1) is 106 Å². The van der Waals surface area contributed by atoms with E-state index in [0.717, 1.165) is 106 Å². The van der Waals surface area contributed by atoms with Crippen LogP contribution in [0.1, 0.15) is 175 Å². The van der Waals surface area contributed by atoms with Crippen LogP contribution in [0.4, 0.5) is 0 Å². The van der Waals surface area contributed by atoms with Gasteiger partial charge in [0, 0.05) is 0 Å². The first-order chi connectivity index (χ1) is 21.7. The predicted octanol–water partition coefficient (Wildman–Crippen LogP) is 13.0. The quantitative estimate of drug-likeness (QED) is 0.276. The Morgan fingerprint density at radius 2 is 0.600 bits per heavy atom. The van der Waals surface area contributed by atoms with Crippen LogP contribution in [0.15, 0.2) is 0 Å². The highest BCUT2D eigenvalue weighted by molar-refractivity contribution is 5.02. The van der Waals surface area contributed by atoms with Gasteiger partial charge < -0.3 is 0 Å². The Labute approximate surface area is 280 Å². The normalized spacial score (nSPS) is 59.2.